The van der Waals surface area contributed by atoms with Crippen LogP contribution >= 0.6 is 0 Å². The van der Waals surface area contributed by atoms with Crippen LogP contribution in [0, 0.1) is 11.8 Å². The van der Waals surface area contributed by atoms with E-state index in [1.807, 2.05) is 0 Å². The van der Waals surface area contributed by atoms with E-state index in [4.69, 9.17) is 13.9 Å². The van der Waals surface area contributed by atoms with Crippen molar-refractivity contribution < 1.29 is 19.0 Å². The van der Waals surface area contributed by atoms with Crippen LogP contribution < -0.4 is 15.1 Å². The van der Waals surface area contributed by atoms with Gasteiger partial charge in [0.25, 0.3) is 0 Å². The molecule has 6 heteroatoms. The summed E-state index contributed by atoms with van der Waals surface area (Å²) < 4.78 is 16.4. The number of fused-ring (bicyclic) bond motifs is 1. The highest BCUT2D eigenvalue weighted by molar-refractivity contribution is 5.86. The van der Waals surface area contributed by atoms with Crippen molar-refractivity contribution >= 4 is 11.0 Å². The van der Waals surface area contributed by atoms with Gasteiger partial charge in [-0.25, -0.2) is 4.79 Å². The average molecular weight is 440 g/mol. The lowest BCUT2D eigenvalue weighted by Crippen LogP contribution is -2.31. The minimum atomic E-state index is -0.462. The van der Waals surface area contributed by atoms with Gasteiger partial charge < -0.3 is 19.0 Å². The third-order valence-electron chi connectivity index (χ3n) is 5.30. The molecule has 0 bridgehead atoms. The minimum absolute atomic E-state index is 0.136. The summed E-state index contributed by atoms with van der Waals surface area (Å²) in [5, 5.41) is 11.4. The molecule has 0 radical (unpaired) electrons. The number of phenols is 1. The van der Waals surface area contributed by atoms with Crippen LogP contribution in [0.2, 0.25) is 0 Å². The van der Waals surface area contributed by atoms with Crippen LogP contribution in [0.1, 0.15) is 33.3 Å². The number of benzene rings is 2. The number of rotatable bonds is 9. The van der Waals surface area contributed by atoms with Crippen molar-refractivity contribution in [2.24, 2.45) is 11.8 Å². The van der Waals surface area contributed by atoms with E-state index in [1.54, 1.807) is 50.6 Å². The number of nitrogens with zero attached hydrogens (tertiary/aromatic N) is 1. The third-order valence-corrected chi connectivity index (χ3v) is 5.30. The molecular formula is C26H33NO5. The van der Waals surface area contributed by atoms with Gasteiger partial charge in [0.15, 0.2) is 11.5 Å². The van der Waals surface area contributed by atoms with Crippen LogP contribution in [0.5, 0.6) is 17.2 Å². The second-order valence-corrected chi connectivity index (χ2v) is 8.98. The predicted octanol–water partition coefficient (Wildman–Crippen LogP) is 5.30. The van der Waals surface area contributed by atoms with Gasteiger partial charge in [0.2, 0.25) is 0 Å². The highest BCUT2D eigenvalue weighted by atomic mass is 16.5. The number of methoxy groups -OCH3 is 2. The van der Waals surface area contributed by atoms with E-state index < -0.39 is 5.63 Å². The second-order valence-electron chi connectivity index (χ2n) is 8.98. The normalized spacial score (nSPS) is 11.7. The molecule has 0 aliphatic carbocycles. The summed E-state index contributed by atoms with van der Waals surface area (Å²) in [6, 6.07) is 10.6. The molecular weight excluding hydrogens is 406 g/mol. The molecule has 32 heavy (non-hydrogen) atoms. The predicted molar refractivity (Wildman–Crippen MR) is 128 cm³/mol. The van der Waals surface area contributed by atoms with Gasteiger partial charge in [0.05, 0.1) is 25.3 Å². The van der Waals surface area contributed by atoms with Gasteiger partial charge in [0, 0.05) is 25.0 Å². The molecule has 6 nitrogen and oxygen atoms in total. The maximum absolute atomic E-state index is 13.0. The summed E-state index contributed by atoms with van der Waals surface area (Å²) in [4.78, 5) is 15.3. The van der Waals surface area contributed by atoms with Gasteiger partial charge in [-0.15, -0.1) is 0 Å². The quantitative estimate of drug-likeness (QED) is 0.456. The summed E-state index contributed by atoms with van der Waals surface area (Å²) in [7, 11) is 3.12. The van der Waals surface area contributed by atoms with Crippen molar-refractivity contribution in [3.05, 3.63) is 52.4 Å². The summed E-state index contributed by atoms with van der Waals surface area (Å²) in [6.45, 7) is 11.0. The number of aromatic hydroxyl groups is 1. The molecule has 0 atom stereocenters. The maximum Gasteiger partial charge on any atom is 0.344 e. The third kappa shape index (κ3) is 5.25. The van der Waals surface area contributed by atoms with Crippen LogP contribution in [0.25, 0.3) is 22.1 Å². The Morgan fingerprint density at radius 2 is 1.59 bits per heavy atom. The Bertz CT molecular complexity index is 1120. The molecule has 1 aromatic heterocycles. The number of hydrogen-bond acceptors (Lipinski definition) is 6. The van der Waals surface area contributed by atoms with Crippen LogP contribution in [-0.2, 0) is 6.54 Å². The van der Waals surface area contributed by atoms with E-state index in [2.05, 4.69) is 32.6 Å². The Morgan fingerprint density at radius 1 is 0.938 bits per heavy atom. The fourth-order valence-electron chi connectivity index (χ4n) is 4.05. The van der Waals surface area contributed by atoms with E-state index in [1.165, 1.54) is 0 Å². The Balaban J connectivity index is 2.07. The van der Waals surface area contributed by atoms with Crippen molar-refractivity contribution in [1.82, 2.24) is 4.90 Å². The summed E-state index contributed by atoms with van der Waals surface area (Å²) in [5.41, 5.74) is 1.71. The molecule has 172 valence electrons. The fourth-order valence-corrected chi connectivity index (χ4v) is 4.05. The first-order chi connectivity index (χ1) is 15.2. The Kier molecular flexibility index (Phi) is 7.46. The lowest BCUT2D eigenvalue weighted by Gasteiger charge is -2.26. The van der Waals surface area contributed by atoms with Crippen molar-refractivity contribution in [2.75, 3.05) is 27.3 Å². The van der Waals surface area contributed by atoms with E-state index in [0.717, 1.165) is 18.5 Å². The smallest absolute Gasteiger partial charge is 0.344 e. The van der Waals surface area contributed by atoms with Crippen molar-refractivity contribution in [3.63, 3.8) is 0 Å². The Hall–Kier alpha value is -2.99. The fraction of sp³-hybridized carbons (Fsp3) is 0.423. The van der Waals surface area contributed by atoms with Crippen LogP contribution in [0.4, 0.5) is 0 Å². The van der Waals surface area contributed by atoms with Crippen LogP contribution in [0.3, 0.4) is 0 Å². The molecule has 3 aromatic rings. The number of hydrogen-bond donors (Lipinski definition) is 1. The standard InChI is InChI=1S/C26H33NO5/c1-16(2)13-27(14-17(3)4)15-21-22(28)9-7-19-11-20(26(29)32-25(19)21)18-8-10-23(30-5)24(12-18)31-6/h7-12,16-17,28H,13-15H2,1-6H3. The lowest BCUT2D eigenvalue weighted by molar-refractivity contribution is 0.209. The molecule has 0 amide bonds. The van der Waals surface area contributed by atoms with Gasteiger partial charge in [-0.2, -0.15) is 0 Å². The van der Waals surface area contributed by atoms with Crippen LogP contribution in [-0.4, -0.2) is 37.3 Å². The van der Waals surface area contributed by atoms with E-state index >= 15 is 0 Å². The van der Waals surface area contributed by atoms with Gasteiger partial charge in [-0.05, 0) is 47.7 Å². The number of ether oxygens (including phenoxy) is 2. The van der Waals surface area contributed by atoms with Crippen molar-refractivity contribution in [2.45, 2.75) is 34.2 Å². The van der Waals surface area contributed by atoms with Crippen molar-refractivity contribution in [1.29, 1.82) is 0 Å². The molecule has 2 aromatic carbocycles. The van der Waals surface area contributed by atoms with E-state index in [-0.39, 0.29) is 5.75 Å². The van der Waals surface area contributed by atoms with Crippen molar-refractivity contribution in [3.8, 4) is 28.4 Å². The zero-order valence-electron chi connectivity index (χ0n) is 19.8. The molecule has 0 aliphatic heterocycles. The zero-order chi connectivity index (χ0) is 23.4. The first kappa shape index (κ1) is 23.7. The van der Waals surface area contributed by atoms with Gasteiger partial charge in [0.1, 0.15) is 11.3 Å². The molecule has 0 spiro atoms. The monoisotopic (exact) mass is 439 g/mol. The SMILES string of the molecule is COc1ccc(-c2cc3ccc(O)c(CN(CC(C)C)CC(C)C)c3oc2=O)cc1OC. The summed E-state index contributed by atoms with van der Waals surface area (Å²) in [5.74, 6) is 2.22. The maximum atomic E-state index is 13.0. The summed E-state index contributed by atoms with van der Waals surface area (Å²) in [6.07, 6.45) is 0. The average Bonchev–Trinajstić information content (AvgIpc) is 2.74. The van der Waals surface area contributed by atoms with Gasteiger partial charge in [-0.1, -0.05) is 33.8 Å². The molecule has 0 saturated carbocycles. The molecule has 0 fully saturated rings. The minimum Gasteiger partial charge on any atom is -0.507 e. The molecule has 0 unspecified atom stereocenters. The first-order valence-corrected chi connectivity index (χ1v) is 11.0. The number of phenolic OH excluding ortho intramolecular Hbond substituents is 1. The van der Waals surface area contributed by atoms with Crippen LogP contribution in [0.15, 0.2) is 45.6 Å². The topological polar surface area (TPSA) is 72.1 Å². The molecule has 0 aliphatic rings. The highest BCUT2D eigenvalue weighted by Crippen LogP contribution is 2.34. The zero-order valence-corrected chi connectivity index (χ0v) is 19.8. The molecule has 1 N–H and O–H groups in total. The van der Waals surface area contributed by atoms with E-state index in [0.29, 0.717) is 52.2 Å². The second kappa shape index (κ2) is 10.1. The molecule has 0 saturated heterocycles. The molecule has 1 heterocycles. The van der Waals surface area contributed by atoms with E-state index in [9.17, 15) is 9.90 Å². The van der Waals surface area contributed by atoms with Gasteiger partial charge in [-0.3, -0.25) is 4.90 Å². The largest absolute Gasteiger partial charge is 0.507 e. The van der Waals surface area contributed by atoms with Gasteiger partial charge >= 0.3 is 5.63 Å². The first-order valence-electron chi connectivity index (χ1n) is 11.0. The summed E-state index contributed by atoms with van der Waals surface area (Å²) >= 11 is 0. The Labute approximate surface area is 189 Å². The lowest BCUT2D eigenvalue weighted by atomic mass is 10.0. The molecule has 3 rings (SSSR count). The Morgan fingerprint density at radius 3 is 2.19 bits per heavy atom. The highest BCUT2D eigenvalue weighted by Gasteiger charge is 2.19.